The molecule has 1 fully saturated rings. The fraction of sp³-hybridized carbons (Fsp3) is 0.538. The van der Waals surface area contributed by atoms with Crippen LogP contribution in [0.5, 0.6) is 0 Å². The van der Waals surface area contributed by atoms with E-state index in [1.807, 2.05) is 0 Å². The highest BCUT2D eigenvalue weighted by molar-refractivity contribution is 5.55. The SMILES string of the molecule is c1cc2c(cc1C1CCOC1)NCCC2. The van der Waals surface area contributed by atoms with Crippen molar-refractivity contribution in [2.45, 2.75) is 25.2 Å². The van der Waals surface area contributed by atoms with Crippen LogP contribution in [0.15, 0.2) is 18.2 Å². The minimum Gasteiger partial charge on any atom is -0.385 e. The number of nitrogens with one attached hydrogen (secondary N) is 1. The van der Waals surface area contributed by atoms with E-state index in [9.17, 15) is 0 Å². The average molecular weight is 203 g/mol. The Kier molecular flexibility index (Phi) is 2.37. The Morgan fingerprint density at radius 2 is 2.33 bits per heavy atom. The Balaban J connectivity index is 1.89. The quantitative estimate of drug-likeness (QED) is 0.757. The first-order valence-corrected chi connectivity index (χ1v) is 5.88. The number of fused-ring (bicyclic) bond motifs is 1. The first kappa shape index (κ1) is 9.22. The van der Waals surface area contributed by atoms with Crippen molar-refractivity contribution in [2.24, 2.45) is 0 Å². The summed E-state index contributed by atoms with van der Waals surface area (Å²) in [6.45, 7) is 2.95. The maximum Gasteiger partial charge on any atom is 0.0535 e. The van der Waals surface area contributed by atoms with Crippen molar-refractivity contribution < 1.29 is 4.74 Å². The zero-order valence-corrected chi connectivity index (χ0v) is 8.96. The summed E-state index contributed by atoms with van der Waals surface area (Å²) < 4.78 is 5.44. The summed E-state index contributed by atoms with van der Waals surface area (Å²) in [5.41, 5.74) is 4.27. The van der Waals surface area contributed by atoms with Crippen molar-refractivity contribution in [2.75, 3.05) is 25.1 Å². The summed E-state index contributed by atoms with van der Waals surface area (Å²) in [6.07, 6.45) is 3.67. The molecule has 1 N–H and O–H groups in total. The normalized spacial score (nSPS) is 24.7. The minimum atomic E-state index is 0.624. The van der Waals surface area contributed by atoms with E-state index >= 15 is 0 Å². The first-order chi connectivity index (χ1) is 7.43. The maximum atomic E-state index is 5.44. The molecule has 2 aliphatic heterocycles. The smallest absolute Gasteiger partial charge is 0.0535 e. The first-order valence-electron chi connectivity index (χ1n) is 5.88. The molecule has 80 valence electrons. The van der Waals surface area contributed by atoms with Crippen molar-refractivity contribution in [3.8, 4) is 0 Å². The third-order valence-electron chi connectivity index (χ3n) is 3.47. The second kappa shape index (κ2) is 3.86. The molecule has 2 heterocycles. The number of ether oxygens (including phenoxy) is 1. The summed E-state index contributed by atoms with van der Waals surface area (Å²) in [5.74, 6) is 0.624. The number of hydrogen-bond donors (Lipinski definition) is 1. The standard InChI is InChI=1S/C13H17NO/c1-2-10-3-4-11(8-13(10)14-6-1)12-5-7-15-9-12/h3-4,8,12,14H,1-2,5-7,9H2. The number of aryl methyl sites for hydroxylation is 1. The fourth-order valence-electron chi connectivity index (χ4n) is 2.53. The minimum absolute atomic E-state index is 0.624. The van der Waals surface area contributed by atoms with Crippen LogP contribution in [0, 0.1) is 0 Å². The molecule has 1 atom stereocenters. The van der Waals surface area contributed by atoms with Gasteiger partial charge in [0, 0.05) is 24.8 Å². The lowest BCUT2D eigenvalue weighted by Crippen LogP contribution is -2.12. The molecule has 0 saturated carbocycles. The van der Waals surface area contributed by atoms with Gasteiger partial charge in [0.2, 0.25) is 0 Å². The molecule has 1 aromatic rings. The van der Waals surface area contributed by atoms with Crippen molar-refractivity contribution in [1.82, 2.24) is 0 Å². The third kappa shape index (κ3) is 1.74. The molecule has 0 aromatic heterocycles. The number of anilines is 1. The largest absolute Gasteiger partial charge is 0.385 e. The molecule has 1 unspecified atom stereocenters. The zero-order chi connectivity index (χ0) is 10.1. The Morgan fingerprint density at radius 3 is 3.20 bits per heavy atom. The van der Waals surface area contributed by atoms with Crippen LogP contribution in [0.1, 0.15) is 29.9 Å². The monoisotopic (exact) mass is 203 g/mol. The van der Waals surface area contributed by atoms with E-state index in [-0.39, 0.29) is 0 Å². The lowest BCUT2D eigenvalue weighted by atomic mass is 9.94. The fourth-order valence-corrected chi connectivity index (χ4v) is 2.53. The molecular weight excluding hydrogens is 186 g/mol. The second-order valence-corrected chi connectivity index (χ2v) is 4.51. The summed E-state index contributed by atoms with van der Waals surface area (Å²) in [5, 5.41) is 3.49. The van der Waals surface area contributed by atoms with Gasteiger partial charge in [-0.15, -0.1) is 0 Å². The van der Waals surface area contributed by atoms with E-state index in [0.29, 0.717) is 5.92 Å². The van der Waals surface area contributed by atoms with E-state index in [0.717, 1.165) is 19.8 Å². The van der Waals surface area contributed by atoms with Crippen LogP contribution in [-0.2, 0) is 11.2 Å². The number of rotatable bonds is 1. The molecule has 2 aliphatic rings. The van der Waals surface area contributed by atoms with Gasteiger partial charge in [-0.2, -0.15) is 0 Å². The Morgan fingerprint density at radius 1 is 1.33 bits per heavy atom. The summed E-state index contributed by atoms with van der Waals surface area (Å²) in [7, 11) is 0. The highest BCUT2D eigenvalue weighted by Crippen LogP contribution is 2.30. The average Bonchev–Trinajstić information content (AvgIpc) is 2.82. The van der Waals surface area contributed by atoms with Gasteiger partial charge in [-0.1, -0.05) is 12.1 Å². The topological polar surface area (TPSA) is 21.3 Å². The molecule has 0 aliphatic carbocycles. The van der Waals surface area contributed by atoms with E-state index in [1.54, 1.807) is 0 Å². The van der Waals surface area contributed by atoms with E-state index in [2.05, 4.69) is 23.5 Å². The lowest BCUT2D eigenvalue weighted by Gasteiger charge is -2.20. The highest BCUT2D eigenvalue weighted by atomic mass is 16.5. The van der Waals surface area contributed by atoms with Gasteiger partial charge in [-0.3, -0.25) is 0 Å². The molecule has 15 heavy (non-hydrogen) atoms. The second-order valence-electron chi connectivity index (χ2n) is 4.51. The van der Waals surface area contributed by atoms with E-state index in [4.69, 9.17) is 4.74 Å². The van der Waals surface area contributed by atoms with Gasteiger partial charge in [0.25, 0.3) is 0 Å². The third-order valence-corrected chi connectivity index (χ3v) is 3.47. The molecule has 1 aromatic carbocycles. The van der Waals surface area contributed by atoms with Crippen LogP contribution < -0.4 is 5.32 Å². The number of benzene rings is 1. The summed E-state index contributed by atoms with van der Waals surface area (Å²) in [4.78, 5) is 0. The molecule has 0 radical (unpaired) electrons. The van der Waals surface area contributed by atoms with Crippen molar-refractivity contribution in [3.05, 3.63) is 29.3 Å². The van der Waals surface area contributed by atoms with Crippen molar-refractivity contribution >= 4 is 5.69 Å². The molecule has 1 saturated heterocycles. The Labute approximate surface area is 90.6 Å². The molecule has 0 amide bonds. The van der Waals surface area contributed by atoms with Crippen LogP contribution >= 0.6 is 0 Å². The Hall–Kier alpha value is -1.02. The van der Waals surface area contributed by atoms with Crippen molar-refractivity contribution in [1.29, 1.82) is 0 Å². The molecule has 0 bridgehead atoms. The van der Waals surface area contributed by atoms with Gasteiger partial charge < -0.3 is 10.1 Å². The van der Waals surface area contributed by atoms with Gasteiger partial charge in [0.1, 0.15) is 0 Å². The molecular formula is C13H17NO. The van der Waals surface area contributed by atoms with Crippen molar-refractivity contribution in [3.63, 3.8) is 0 Å². The Bertz CT molecular complexity index is 356. The number of hydrogen-bond acceptors (Lipinski definition) is 2. The zero-order valence-electron chi connectivity index (χ0n) is 8.96. The summed E-state index contributed by atoms with van der Waals surface area (Å²) >= 11 is 0. The molecule has 0 spiro atoms. The van der Waals surface area contributed by atoms with Crippen LogP contribution in [-0.4, -0.2) is 19.8 Å². The molecule has 2 nitrogen and oxygen atoms in total. The predicted molar refractivity (Wildman–Crippen MR) is 61.4 cm³/mol. The van der Waals surface area contributed by atoms with Crippen LogP contribution in [0.3, 0.4) is 0 Å². The summed E-state index contributed by atoms with van der Waals surface area (Å²) in [6, 6.07) is 6.90. The van der Waals surface area contributed by atoms with Gasteiger partial charge in [0.05, 0.1) is 6.61 Å². The predicted octanol–water partition coefficient (Wildman–Crippen LogP) is 2.55. The van der Waals surface area contributed by atoms with Gasteiger partial charge in [0.15, 0.2) is 0 Å². The van der Waals surface area contributed by atoms with E-state index < -0.39 is 0 Å². The van der Waals surface area contributed by atoms with Crippen LogP contribution in [0.2, 0.25) is 0 Å². The van der Waals surface area contributed by atoms with Gasteiger partial charge in [-0.25, -0.2) is 0 Å². The van der Waals surface area contributed by atoms with E-state index in [1.165, 1.54) is 36.1 Å². The lowest BCUT2D eigenvalue weighted by molar-refractivity contribution is 0.194. The van der Waals surface area contributed by atoms with Gasteiger partial charge >= 0.3 is 0 Å². The van der Waals surface area contributed by atoms with Gasteiger partial charge in [-0.05, 0) is 36.5 Å². The maximum absolute atomic E-state index is 5.44. The molecule has 3 rings (SSSR count). The highest BCUT2D eigenvalue weighted by Gasteiger charge is 2.19. The molecule has 2 heteroatoms. The van der Waals surface area contributed by atoms with Crippen LogP contribution in [0.4, 0.5) is 5.69 Å². The van der Waals surface area contributed by atoms with Crippen LogP contribution in [0.25, 0.3) is 0 Å².